The van der Waals surface area contributed by atoms with Crippen LogP contribution in [0.15, 0.2) is 116 Å². The van der Waals surface area contributed by atoms with Crippen LogP contribution in [0.1, 0.15) is 0 Å². The third kappa shape index (κ3) is 6.02. The van der Waals surface area contributed by atoms with Crippen molar-refractivity contribution in [2.24, 2.45) is 0 Å². The van der Waals surface area contributed by atoms with Crippen LogP contribution in [0, 0.1) is 12.1 Å². The maximum absolute atomic E-state index is 4.45. The Labute approximate surface area is 196 Å². The molecule has 0 aliphatic rings. The first-order chi connectivity index (χ1) is 14.9. The van der Waals surface area contributed by atoms with E-state index in [1.807, 2.05) is 97.1 Å². The van der Waals surface area contributed by atoms with E-state index in [2.05, 4.69) is 27.1 Å². The zero-order valence-corrected chi connectivity index (χ0v) is 19.0. The number of hydrogen-bond donors (Lipinski definition) is 0. The molecule has 0 N–H and O–H groups in total. The SMILES string of the molecule is [Ir].[c-]1ccccc1-c1ccccn1.[c-]1ccccc1-c1ncccc1-c1ccccn1. The van der Waals surface area contributed by atoms with Crippen LogP contribution in [-0.2, 0) is 20.1 Å². The van der Waals surface area contributed by atoms with E-state index < -0.39 is 0 Å². The zero-order valence-electron chi connectivity index (χ0n) is 16.6. The second kappa shape index (κ2) is 11.7. The van der Waals surface area contributed by atoms with E-state index in [1.165, 1.54) is 0 Å². The summed E-state index contributed by atoms with van der Waals surface area (Å²) in [5.41, 5.74) is 5.87. The Morgan fingerprint density at radius 2 is 1.06 bits per heavy atom. The van der Waals surface area contributed by atoms with Crippen LogP contribution in [0.4, 0.5) is 0 Å². The van der Waals surface area contributed by atoms with Gasteiger partial charge in [0.25, 0.3) is 0 Å². The number of nitrogens with zero attached hydrogens (tertiary/aromatic N) is 3. The van der Waals surface area contributed by atoms with Crippen LogP contribution in [0.2, 0.25) is 0 Å². The van der Waals surface area contributed by atoms with Crippen LogP contribution < -0.4 is 0 Å². The summed E-state index contributed by atoms with van der Waals surface area (Å²) >= 11 is 0. The van der Waals surface area contributed by atoms with Gasteiger partial charge in [0.15, 0.2) is 0 Å². The summed E-state index contributed by atoms with van der Waals surface area (Å²) in [5.74, 6) is 0. The van der Waals surface area contributed by atoms with Gasteiger partial charge in [-0.3, -0.25) is 4.98 Å². The Kier molecular flexibility index (Phi) is 8.36. The Balaban J connectivity index is 0.000000183. The standard InChI is InChI=1S/C16H11N2.C11H8N.Ir/c1-2-7-13(8-3-1)16-14(9-6-12-18-16)15-10-4-5-11-17-15;1-2-6-10(7-3-1)11-8-4-5-9-12-11;/h1-7,9-12H;1-6,8-9H;/q2*-1;. The molecular formula is C27H19IrN3-2. The van der Waals surface area contributed by atoms with E-state index in [1.54, 1.807) is 18.6 Å². The molecule has 153 valence electrons. The second-order valence-electron chi connectivity index (χ2n) is 6.38. The minimum absolute atomic E-state index is 0. The van der Waals surface area contributed by atoms with Crippen molar-refractivity contribution >= 4 is 0 Å². The first-order valence-corrected chi connectivity index (χ1v) is 9.63. The Bertz CT molecular complexity index is 1070. The summed E-state index contributed by atoms with van der Waals surface area (Å²) in [6.07, 6.45) is 5.37. The fraction of sp³-hybridized carbons (Fsp3) is 0. The molecule has 1 radical (unpaired) electrons. The Morgan fingerprint density at radius 3 is 1.65 bits per heavy atom. The van der Waals surface area contributed by atoms with Crippen LogP contribution in [0.3, 0.4) is 0 Å². The Hall–Kier alpha value is -3.46. The van der Waals surface area contributed by atoms with Gasteiger partial charge in [-0.2, -0.15) is 0 Å². The van der Waals surface area contributed by atoms with Gasteiger partial charge in [-0.05, 0) is 41.2 Å². The van der Waals surface area contributed by atoms with Gasteiger partial charge in [-0.25, -0.2) is 0 Å². The van der Waals surface area contributed by atoms with Crippen molar-refractivity contribution in [1.29, 1.82) is 0 Å². The minimum atomic E-state index is 0. The molecule has 0 aliphatic heterocycles. The molecule has 5 rings (SSSR count). The van der Waals surface area contributed by atoms with Gasteiger partial charge in [0.2, 0.25) is 0 Å². The molecule has 5 aromatic rings. The molecule has 4 heteroatoms. The van der Waals surface area contributed by atoms with Gasteiger partial charge in [0, 0.05) is 38.7 Å². The molecule has 0 unspecified atom stereocenters. The first kappa shape index (κ1) is 22.2. The van der Waals surface area contributed by atoms with Gasteiger partial charge in [0.1, 0.15) is 0 Å². The molecule has 0 saturated heterocycles. The average Bonchev–Trinajstić information content (AvgIpc) is 2.87. The quantitative estimate of drug-likeness (QED) is 0.241. The fourth-order valence-corrected chi connectivity index (χ4v) is 2.96. The summed E-state index contributed by atoms with van der Waals surface area (Å²) in [4.78, 5) is 13.1. The molecule has 3 nitrogen and oxygen atoms in total. The second-order valence-corrected chi connectivity index (χ2v) is 6.38. The van der Waals surface area contributed by atoms with Gasteiger partial charge in [0.05, 0.1) is 5.69 Å². The summed E-state index contributed by atoms with van der Waals surface area (Å²) in [5, 5.41) is 0. The van der Waals surface area contributed by atoms with E-state index in [0.717, 1.165) is 33.8 Å². The van der Waals surface area contributed by atoms with E-state index >= 15 is 0 Å². The van der Waals surface area contributed by atoms with E-state index in [9.17, 15) is 0 Å². The first-order valence-electron chi connectivity index (χ1n) is 9.63. The smallest absolute Gasteiger partial charge is 0.0630 e. The maximum Gasteiger partial charge on any atom is 0.0630 e. The van der Waals surface area contributed by atoms with Crippen molar-refractivity contribution in [1.82, 2.24) is 15.0 Å². The van der Waals surface area contributed by atoms with Crippen molar-refractivity contribution in [3.05, 3.63) is 128 Å². The molecule has 0 atom stereocenters. The van der Waals surface area contributed by atoms with Crippen LogP contribution in [0.25, 0.3) is 33.8 Å². The Morgan fingerprint density at radius 1 is 0.484 bits per heavy atom. The van der Waals surface area contributed by atoms with Crippen LogP contribution in [-0.4, -0.2) is 15.0 Å². The molecule has 0 fully saturated rings. The molecule has 3 aromatic heterocycles. The molecule has 0 amide bonds. The molecule has 0 bridgehead atoms. The van der Waals surface area contributed by atoms with Crippen molar-refractivity contribution in [3.63, 3.8) is 0 Å². The molecule has 31 heavy (non-hydrogen) atoms. The minimum Gasteiger partial charge on any atom is -0.305 e. The monoisotopic (exact) mass is 578 g/mol. The van der Waals surface area contributed by atoms with E-state index in [0.29, 0.717) is 0 Å². The molecule has 0 aliphatic carbocycles. The summed E-state index contributed by atoms with van der Waals surface area (Å²) < 4.78 is 0. The largest absolute Gasteiger partial charge is 0.305 e. The van der Waals surface area contributed by atoms with Crippen LogP contribution >= 0.6 is 0 Å². The van der Waals surface area contributed by atoms with Crippen molar-refractivity contribution in [3.8, 4) is 33.8 Å². The van der Waals surface area contributed by atoms with Crippen molar-refractivity contribution < 1.29 is 20.1 Å². The van der Waals surface area contributed by atoms with Gasteiger partial charge >= 0.3 is 0 Å². The molecule has 2 aromatic carbocycles. The van der Waals surface area contributed by atoms with Crippen molar-refractivity contribution in [2.75, 3.05) is 0 Å². The van der Waals surface area contributed by atoms with Gasteiger partial charge in [-0.15, -0.1) is 71.8 Å². The van der Waals surface area contributed by atoms with Gasteiger partial charge in [-0.1, -0.05) is 24.3 Å². The molecule has 0 spiro atoms. The molecule has 3 heterocycles. The molecular weight excluding hydrogens is 559 g/mol. The van der Waals surface area contributed by atoms with E-state index in [4.69, 9.17) is 0 Å². The number of hydrogen-bond acceptors (Lipinski definition) is 3. The normalized spacial score (nSPS) is 9.68. The summed E-state index contributed by atoms with van der Waals surface area (Å²) in [6, 6.07) is 37.7. The predicted octanol–water partition coefficient (Wildman–Crippen LogP) is 6.16. The topological polar surface area (TPSA) is 38.7 Å². The zero-order chi connectivity index (χ0) is 20.4. The number of aromatic nitrogens is 3. The fourth-order valence-electron chi connectivity index (χ4n) is 2.96. The van der Waals surface area contributed by atoms with Crippen molar-refractivity contribution in [2.45, 2.75) is 0 Å². The summed E-state index contributed by atoms with van der Waals surface area (Å²) in [7, 11) is 0. The van der Waals surface area contributed by atoms with Crippen LogP contribution in [0.5, 0.6) is 0 Å². The number of benzene rings is 2. The third-order valence-corrected chi connectivity index (χ3v) is 4.36. The third-order valence-electron chi connectivity index (χ3n) is 4.36. The number of pyridine rings is 3. The predicted molar refractivity (Wildman–Crippen MR) is 120 cm³/mol. The average molecular weight is 578 g/mol. The summed E-state index contributed by atoms with van der Waals surface area (Å²) in [6.45, 7) is 0. The molecule has 0 saturated carbocycles. The number of rotatable bonds is 3. The maximum atomic E-state index is 4.45. The van der Waals surface area contributed by atoms with Gasteiger partial charge < -0.3 is 9.97 Å². The van der Waals surface area contributed by atoms with E-state index in [-0.39, 0.29) is 20.1 Å².